The standard InChI is InChI=1S/C22H27FN4OS.BrH/c1-15(2)28-19-6-4-3-5-18(19)26-9-11-27(12-10-26)21(24)14-22-25-17-8-7-16(23)13-20(17)29-22;/h3-8,13,15,21H,9-12,14,24H2,1-2H3;1H. The van der Waals surface area contributed by atoms with Gasteiger partial charge in [0.05, 0.1) is 33.2 Å². The number of anilines is 1. The number of ether oxygens (including phenoxy) is 1. The molecule has 3 aromatic rings. The van der Waals surface area contributed by atoms with Crippen LogP contribution in [0.5, 0.6) is 5.75 Å². The maximum atomic E-state index is 13.4. The predicted molar refractivity (Wildman–Crippen MR) is 128 cm³/mol. The monoisotopic (exact) mass is 494 g/mol. The predicted octanol–water partition coefficient (Wildman–Crippen LogP) is 4.45. The third-order valence-electron chi connectivity index (χ3n) is 5.13. The van der Waals surface area contributed by atoms with Crippen molar-refractivity contribution >= 4 is 44.2 Å². The van der Waals surface area contributed by atoms with Crippen LogP contribution in [0.4, 0.5) is 10.1 Å². The zero-order chi connectivity index (χ0) is 20.4. The minimum atomic E-state index is -0.227. The molecule has 1 aliphatic rings. The van der Waals surface area contributed by atoms with Gasteiger partial charge in [-0.05, 0) is 44.2 Å². The van der Waals surface area contributed by atoms with Gasteiger partial charge in [0.25, 0.3) is 0 Å². The van der Waals surface area contributed by atoms with Crippen molar-refractivity contribution in [1.29, 1.82) is 0 Å². The third-order valence-corrected chi connectivity index (χ3v) is 6.17. The molecule has 0 amide bonds. The first-order valence-electron chi connectivity index (χ1n) is 10.0. The van der Waals surface area contributed by atoms with Crippen molar-refractivity contribution in [1.82, 2.24) is 9.88 Å². The fraction of sp³-hybridized carbons (Fsp3) is 0.409. The van der Waals surface area contributed by atoms with Gasteiger partial charge >= 0.3 is 0 Å². The van der Waals surface area contributed by atoms with Gasteiger partial charge in [-0.1, -0.05) is 12.1 Å². The van der Waals surface area contributed by atoms with Crippen LogP contribution in [0.1, 0.15) is 18.9 Å². The van der Waals surface area contributed by atoms with Gasteiger partial charge < -0.3 is 15.4 Å². The molecule has 2 heterocycles. The Bertz CT molecular complexity index is 975. The Morgan fingerprint density at radius 1 is 1.13 bits per heavy atom. The lowest BCUT2D eigenvalue weighted by molar-refractivity contribution is 0.186. The Hall–Kier alpha value is -1.74. The maximum absolute atomic E-state index is 13.4. The van der Waals surface area contributed by atoms with Crippen molar-refractivity contribution in [3.05, 3.63) is 53.3 Å². The van der Waals surface area contributed by atoms with Crippen LogP contribution in [0, 0.1) is 5.82 Å². The molecule has 0 saturated carbocycles. The Morgan fingerprint density at radius 3 is 2.60 bits per heavy atom. The van der Waals surface area contributed by atoms with E-state index in [0.29, 0.717) is 6.42 Å². The van der Waals surface area contributed by atoms with Gasteiger partial charge in [-0.25, -0.2) is 9.37 Å². The molecule has 162 valence electrons. The number of nitrogens with two attached hydrogens (primary N) is 1. The number of hydrogen-bond acceptors (Lipinski definition) is 6. The van der Waals surface area contributed by atoms with Crippen LogP contribution in [-0.4, -0.2) is 48.3 Å². The molecule has 1 aromatic heterocycles. The summed E-state index contributed by atoms with van der Waals surface area (Å²) in [6.07, 6.45) is 0.728. The van der Waals surface area contributed by atoms with Gasteiger partial charge in [0.1, 0.15) is 11.6 Å². The molecular formula is C22H28BrFN4OS. The van der Waals surface area contributed by atoms with Crippen molar-refractivity contribution in [3.63, 3.8) is 0 Å². The van der Waals surface area contributed by atoms with E-state index >= 15 is 0 Å². The fourth-order valence-corrected chi connectivity index (χ4v) is 4.75. The highest BCUT2D eigenvalue weighted by Crippen LogP contribution is 2.30. The molecule has 2 aromatic carbocycles. The smallest absolute Gasteiger partial charge is 0.142 e. The molecule has 0 aliphatic carbocycles. The summed E-state index contributed by atoms with van der Waals surface area (Å²) >= 11 is 1.52. The average molecular weight is 495 g/mol. The Morgan fingerprint density at radius 2 is 1.87 bits per heavy atom. The third kappa shape index (κ3) is 5.29. The second kappa shape index (κ2) is 10.0. The van der Waals surface area contributed by atoms with E-state index in [-0.39, 0.29) is 35.1 Å². The maximum Gasteiger partial charge on any atom is 0.142 e. The molecule has 0 bridgehead atoms. The molecule has 4 rings (SSSR count). The second-order valence-corrected chi connectivity index (χ2v) is 8.76. The van der Waals surface area contributed by atoms with Crippen molar-refractivity contribution in [3.8, 4) is 5.75 Å². The number of para-hydroxylation sites is 2. The number of aromatic nitrogens is 1. The summed E-state index contributed by atoms with van der Waals surface area (Å²) in [5, 5.41) is 0.955. The van der Waals surface area contributed by atoms with E-state index in [2.05, 4.69) is 26.9 Å². The lowest BCUT2D eigenvalue weighted by Gasteiger charge is -2.39. The number of benzene rings is 2. The van der Waals surface area contributed by atoms with E-state index in [1.54, 1.807) is 6.07 Å². The van der Waals surface area contributed by atoms with Gasteiger partial charge in [-0.2, -0.15) is 0 Å². The van der Waals surface area contributed by atoms with Crippen LogP contribution < -0.4 is 15.4 Å². The highest BCUT2D eigenvalue weighted by Gasteiger charge is 2.24. The minimum absolute atomic E-state index is 0. The molecule has 1 saturated heterocycles. The molecule has 8 heteroatoms. The molecule has 1 atom stereocenters. The van der Waals surface area contributed by atoms with Gasteiger partial charge in [0.15, 0.2) is 0 Å². The highest BCUT2D eigenvalue weighted by atomic mass is 79.9. The Kier molecular flexibility index (Phi) is 7.68. The van der Waals surface area contributed by atoms with E-state index in [1.165, 1.54) is 23.5 Å². The summed E-state index contributed by atoms with van der Waals surface area (Å²) in [7, 11) is 0. The summed E-state index contributed by atoms with van der Waals surface area (Å²) in [6.45, 7) is 7.66. The average Bonchev–Trinajstić information content (AvgIpc) is 3.09. The first kappa shape index (κ1) is 22.9. The number of thiazole rings is 1. The van der Waals surface area contributed by atoms with Gasteiger partial charge in [0, 0.05) is 32.6 Å². The molecular weight excluding hydrogens is 467 g/mol. The van der Waals surface area contributed by atoms with Crippen LogP contribution in [-0.2, 0) is 6.42 Å². The topological polar surface area (TPSA) is 54.6 Å². The van der Waals surface area contributed by atoms with Crippen molar-refractivity contribution < 1.29 is 9.13 Å². The van der Waals surface area contributed by atoms with Gasteiger partial charge in [-0.15, -0.1) is 28.3 Å². The van der Waals surface area contributed by atoms with Crippen LogP contribution in [0.25, 0.3) is 10.2 Å². The summed E-state index contributed by atoms with van der Waals surface area (Å²) in [6, 6.07) is 12.9. The van der Waals surface area contributed by atoms with E-state index in [9.17, 15) is 4.39 Å². The fourth-order valence-electron chi connectivity index (χ4n) is 3.71. The molecule has 0 radical (unpaired) electrons. The summed E-state index contributed by atoms with van der Waals surface area (Å²) in [5.74, 6) is 0.705. The number of nitrogens with zero attached hydrogens (tertiary/aromatic N) is 3. The normalized spacial score (nSPS) is 16.0. The Balaban J connectivity index is 0.00000256. The molecule has 1 unspecified atom stereocenters. The summed E-state index contributed by atoms with van der Waals surface area (Å²) in [4.78, 5) is 9.27. The quantitative estimate of drug-likeness (QED) is 0.548. The van der Waals surface area contributed by atoms with Crippen LogP contribution in [0.3, 0.4) is 0 Å². The number of rotatable bonds is 6. The number of piperazine rings is 1. The number of fused-ring (bicyclic) bond motifs is 1. The van der Waals surface area contributed by atoms with Crippen LogP contribution in [0.15, 0.2) is 42.5 Å². The number of hydrogen-bond donors (Lipinski definition) is 1. The van der Waals surface area contributed by atoms with Crippen molar-refractivity contribution in [2.45, 2.75) is 32.5 Å². The molecule has 1 aliphatic heterocycles. The van der Waals surface area contributed by atoms with Crippen LogP contribution in [0.2, 0.25) is 0 Å². The highest BCUT2D eigenvalue weighted by molar-refractivity contribution is 8.93. The minimum Gasteiger partial charge on any atom is -0.489 e. The summed E-state index contributed by atoms with van der Waals surface area (Å²) in [5.41, 5.74) is 8.47. The lowest BCUT2D eigenvalue weighted by atomic mass is 10.2. The largest absolute Gasteiger partial charge is 0.489 e. The Labute approximate surface area is 191 Å². The summed E-state index contributed by atoms with van der Waals surface area (Å²) < 4.78 is 20.3. The SMILES string of the molecule is Br.CC(C)Oc1ccccc1N1CCN(C(N)Cc2nc3ccc(F)cc3s2)CC1. The molecule has 5 nitrogen and oxygen atoms in total. The zero-order valence-electron chi connectivity index (χ0n) is 17.3. The van der Waals surface area contributed by atoms with E-state index in [0.717, 1.165) is 52.8 Å². The van der Waals surface area contributed by atoms with E-state index in [4.69, 9.17) is 10.5 Å². The molecule has 0 spiro atoms. The lowest BCUT2D eigenvalue weighted by Crippen LogP contribution is -2.54. The zero-order valence-corrected chi connectivity index (χ0v) is 19.8. The molecule has 30 heavy (non-hydrogen) atoms. The first-order valence-corrected chi connectivity index (χ1v) is 10.9. The molecule has 2 N–H and O–H groups in total. The van der Waals surface area contributed by atoms with Crippen molar-refractivity contribution in [2.24, 2.45) is 5.73 Å². The molecule has 1 fully saturated rings. The van der Waals surface area contributed by atoms with E-state index in [1.807, 2.05) is 26.0 Å². The van der Waals surface area contributed by atoms with E-state index < -0.39 is 0 Å². The van der Waals surface area contributed by atoms with Gasteiger partial charge in [-0.3, -0.25) is 4.90 Å². The second-order valence-electron chi connectivity index (χ2n) is 7.65. The van der Waals surface area contributed by atoms with Crippen LogP contribution >= 0.6 is 28.3 Å². The van der Waals surface area contributed by atoms with Crippen molar-refractivity contribution in [2.75, 3.05) is 31.1 Å². The van der Waals surface area contributed by atoms with Gasteiger partial charge in [0.2, 0.25) is 0 Å². The number of halogens is 2. The first-order chi connectivity index (χ1) is 14.0.